The summed E-state index contributed by atoms with van der Waals surface area (Å²) in [5.74, 6) is -0.526. The molecule has 0 aliphatic carbocycles. The number of hydrogen-bond donors (Lipinski definition) is 3. The normalized spacial score (nSPS) is 11.4. The predicted octanol–water partition coefficient (Wildman–Crippen LogP) is 3.09. The van der Waals surface area contributed by atoms with Crippen LogP contribution >= 0.6 is 0 Å². The molecule has 4 N–H and O–H groups in total. The number of benzene rings is 2. The van der Waals surface area contributed by atoms with Crippen molar-refractivity contribution in [3.05, 3.63) is 65.0 Å². The number of nitrogens with one attached hydrogen (secondary N) is 1. The first-order valence-electron chi connectivity index (χ1n) is 6.73. The molecular weight excluding hydrogens is 269 g/mol. The number of nitrogens with two attached hydrogens (primary N) is 1. The molecule has 0 unspecified atom stereocenters. The van der Waals surface area contributed by atoms with E-state index in [1.165, 1.54) is 17.7 Å². The van der Waals surface area contributed by atoms with Gasteiger partial charge in [0.2, 0.25) is 0 Å². The van der Waals surface area contributed by atoms with Crippen molar-refractivity contribution >= 4 is 11.5 Å². The molecule has 0 heterocycles. The van der Waals surface area contributed by atoms with Crippen molar-refractivity contribution in [3.63, 3.8) is 0 Å². The molecule has 0 aliphatic heterocycles. The van der Waals surface area contributed by atoms with E-state index in [0.717, 1.165) is 17.7 Å². The van der Waals surface area contributed by atoms with Crippen LogP contribution in [0.5, 0.6) is 0 Å². The summed E-state index contributed by atoms with van der Waals surface area (Å²) in [4.78, 5) is 0. The Kier molecular flexibility index (Phi) is 4.77. The van der Waals surface area contributed by atoms with E-state index in [2.05, 4.69) is 29.5 Å². The number of hydrogen-bond acceptors (Lipinski definition) is 3. The van der Waals surface area contributed by atoms with Crippen LogP contribution in [0.15, 0.2) is 47.6 Å². The standard InChI is InChI=1S/C16H18FN3O/c1-2-11-4-3-5-14(8-11)19-10-12-6-7-13(17)9-15(12)16(18)20-21/h3-9,19,21H,2,10H2,1H3,(H2,18,20). The lowest BCUT2D eigenvalue weighted by atomic mass is 10.1. The Morgan fingerprint density at radius 2 is 2.10 bits per heavy atom. The van der Waals surface area contributed by atoms with Crippen LogP contribution in [0.3, 0.4) is 0 Å². The lowest BCUT2D eigenvalue weighted by Crippen LogP contribution is -2.17. The van der Waals surface area contributed by atoms with Crippen molar-refractivity contribution in [2.75, 3.05) is 5.32 Å². The fraction of sp³-hybridized carbons (Fsp3) is 0.188. The topological polar surface area (TPSA) is 70.6 Å². The van der Waals surface area contributed by atoms with E-state index < -0.39 is 5.82 Å². The molecule has 0 saturated carbocycles. The third kappa shape index (κ3) is 3.72. The maximum absolute atomic E-state index is 13.3. The molecule has 21 heavy (non-hydrogen) atoms. The Bertz CT molecular complexity index is 656. The zero-order valence-corrected chi connectivity index (χ0v) is 11.8. The van der Waals surface area contributed by atoms with Gasteiger partial charge < -0.3 is 16.3 Å². The second-order valence-corrected chi connectivity index (χ2v) is 4.69. The van der Waals surface area contributed by atoms with E-state index in [4.69, 9.17) is 10.9 Å². The average molecular weight is 287 g/mol. The van der Waals surface area contributed by atoms with Gasteiger partial charge in [-0.25, -0.2) is 4.39 Å². The van der Waals surface area contributed by atoms with E-state index >= 15 is 0 Å². The molecule has 2 rings (SSSR count). The molecular formula is C16H18FN3O. The van der Waals surface area contributed by atoms with Crippen LogP contribution < -0.4 is 11.1 Å². The fourth-order valence-electron chi connectivity index (χ4n) is 2.09. The van der Waals surface area contributed by atoms with Gasteiger partial charge in [-0.15, -0.1) is 0 Å². The van der Waals surface area contributed by atoms with Crippen molar-refractivity contribution in [1.82, 2.24) is 0 Å². The molecule has 0 spiro atoms. The van der Waals surface area contributed by atoms with Crippen LogP contribution in [0.2, 0.25) is 0 Å². The zero-order valence-electron chi connectivity index (χ0n) is 11.8. The smallest absolute Gasteiger partial charge is 0.170 e. The molecule has 2 aromatic carbocycles. The number of halogens is 1. The maximum Gasteiger partial charge on any atom is 0.170 e. The summed E-state index contributed by atoms with van der Waals surface area (Å²) < 4.78 is 13.3. The largest absolute Gasteiger partial charge is 0.409 e. The lowest BCUT2D eigenvalue weighted by molar-refractivity contribution is 0.318. The van der Waals surface area contributed by atoms with Gasteiger partial charge >= 0.3 is 0 Å². The molecule has 0 amide bonds. The average Bonchev–Trinajstić information content (AvgIpc) is 2.53. The number of oxime groups is 1. The minimum atomic E-state index is -0.423. The predicted molar refractivity (Wildman–Crippen MR) is 82.1 cm³/mol. The Labute approximate surface area is 123 Å². The van der Waals surface area contributed by atoms with Gasteiger partial charge in [-0.2, -0.15) is 0 Å². The van der Waals surface area contributed by atoms with Crippen molar-refractivity contribution < 1.29 is 9.60 Å². The van der Waals surface area contributed by atoms with Gasteiger partial charge in [0.25, 0.3) is 0 Å². The molecule has 0 saturated heterocycles. The Morgan fingerprint density at radius 3 is 2.81 bits per heavy atom. The maximum atomic E-state index is 13.3. The fourth-order valence-corrected chi connectivity index (χ4v) is 2.09. The summed E-state index contributed by atoms with van der Waals surface area (Å²) in [6.45, 7) is 2.55. The van der Waals surface area contributed by atoms with Crippen molar-refractivity contribution in [2.24, 2.45) is 10.9 Å². The highest BCUT2D eigenvalue weighted by molar-refractivity contribution is 5.98. The van der Waals surface area contributed by atoms with E-state index in [1.54, 1.807) is 6.07 Å². The summed E-state index contributed by atoms with van der Waals surface area (Å²) >= 11 is 0. The summed E-state index contributed by atoms with van der Waals surface area (Å²) in [5, 5.41) is 15.0. The monoisotopic (exact) mass is 287 g/mol. The first kappa shape index (κ1) is 14.8. The van der Waals surface area contributed by atoms with Crippen molar-refractivity contribution in [2.45, 2.75) is 19.9 Å². The highest BCUT2D eigenvalue weighted by Gasteiger charge is 2.08. The molecule has 0 aromatic heterocycles. The van der Waals surface area contributed by atoms with Gasteiger partial charge in [-0.1, -0.05) is 30.3 Å². The van der Waals surface area contributed by atoms with E-state index in [1.807, 2.05) is 12.1 Å². The zero-order chi connectivity index (χ0) is 15.2. The van der Waals surface area contributed by atoms with Crippen LogP contribution in [0, 0.1) is 5.82 Å². The number of aryl methyl sites for hydroxylation is 1. The summed E-state index contributed by atoms with van der Waals surface area (Å²) in [6.07, 6.45) is 0.960. The Hall–Kier alpha value is -2.56. The van der Waals surface area contributed by atoms with E-state index in [0.29, 0.717) is 12.1 Å². The number of anilines is 1. The van der Waals surface area contributed by atoms with Gasteiger partial charge in [0, 0.05) is 17.8 Å². The quantitative estimate of drug-likeness (QED) is 0.342. The first-order chi connectivity index (χ1) is 10.1. The highest BCUT2D eigenvalue weighted by Crippen LogP contribution is 2.16. The van der Waals surface area contributed by atoms with Crippen molar-refractivity contribution in [3.8, 4) is 0 Å². The van der Waals surface area contributed by atoms with Gasteiger partial charge in [0.05, 0.1) is 0 Å². The molecule has 0 radical (unpaired) electrons. The minimum absolute atomic E-state index is 0.103. The molecule has 0 aliphatic rings. The third-order valence-electron chi connectivity index (χ3n) is 3.27. The van der Waals surface area contributed by atoms with Crippen LogP contribution in [0.4, 0.5) is 10.1 Å². The first-order valence-corrected chi connectivity index (χ1v) is 6.73. The number of nitrogens with zero attached hydrogens (tertiary/aromatic N) is 1. The van der Waals surface area contributed by atoms with Crippen LogP contribution in [0.25, 0.3) is 0 Å². The Balaban J connectivity index is 2.19. The third-order valence-corrected chi connectivity index (χ3v) is 3.27. The van der Waals surface area contributed by atoms with Gasteiger partial charge in [0.1, 0.15) is 5.82 Å². The van der Waals surface area contributed by atoms with Gasteiger partial charge in [0.15, 0.2) is 5.84 Å². The summed E-state index contributed by atoms with van der Waals surface area (Å²) in [5.41, 5.74) is 8.94. The van der Waals surface area contributed by atoms with Gasteiger partial charge in [-0.05, 0) is 41.8 Å². The van der Waals surface area contributed by atoms with E-state index in [9.17, 15) is 4.39 Å². The van der Waals surface area contributed by atoms with Crippen LogP contribution in [-0.4, -0.2) is 11.0 Å². The number of rotatable bonds is 5. The van der Waals surface area contributed by atoms with E-state index in [-0.39, 0.29) is 5.84 Å². The van der Waals surface area contributed by atoms with Crippen molar-refractivity contribution in [1.29, 1.82) is 0 Å². The molecule has 5 heteroatoms. The van der Waals surface area contributed by atoms with Crippen LogP contribution in [0.1, 0.15) is 23.6 Å². The highest BCUT2D eigenvalue weighted by atomic mass is 19.1. The molecule has 4 nitrogen and oxygen atoms in total. The summed E-state index contributed by atoms with van der Waals surface area (Å²) in [6, 6.07) is 12.3. The number of amidine groups is 1. The SMILES string of the molecule is CCc1cccc(NCc2ccc(F)cc2C(N)=NO)c1. The second kappa shape index (κ2) is 6.74. The molecule has 0 fully saturated rings. The lowest BCUT2D eigenvalue weighted by Gasteiger charge is -2.11. The Morgan fingerprint density at radius 1 is 1.29 bits per heavy atom. The second-order valence-electron chi connectivity index (χ2n) is 4.69. The minimum Gasteiger partial charge on any atom is -0.409 e. The molecule has 110 valence electrons. The molecule has 2 aromatic rings. The molecule has 0 atom stereocenters. The van der Waals surface area contributed by atoms with Gasteiger partial charge in [-0.3, -0.25) is 0 Å². The molecule has 0 bridgehead atoms. The van der Waals surface area contributed by atoms with Crippen LogP contribution in [-0.2, 0) is 13.0 Å². The summed E-state index contributed by atoms with van der Waals surface area (Å²) in [7, 11) is 0.